The highest BCUT2D eigenvalue weighted by Crippen LogP contribution is 2.30. The van der Waals surface area contributed by atoms with E-state index in [2.05, 4.69) is 141 Å². The molecule has 9 N–H and O–H groups in total. The van der Waals surface area contributed by atoms with Crippen LogP contribution in [0.4, 0.5) is 0 Å². The van der Waals surface area contributed by atoms with Crippen molar-refractivity contribution in [3.05, 3.63) is 122 Å². The summed E-state index contributed by atoms with van der Waals surface area (Å²) in [7, 11) is 0. The van der Waals surface area contributed by atoms with Crippen molar-refractivity contribution >= 4 is 5.91 Å². The minimum Gasteiger partial charge on any atom is -0.394 e. The molecule has 0 radical (unpaired) electrons. The van der Waals surface area contributed by atoms with Crippen molar-refractivity contribution in [2.45, 2.75) is 235 Å². The first-order valence-corrected chi connectivity index (χ1v) is 28.3. The van der Waals surface area contributed by atoms with E-state index in [1.807, 2.05) is 0 Å². The van der Waals surface area contributed by atoms with Crippen LogP contribution in [0.1, 0.15) is 162 Å². The zero-order chi connectivity index (χ0) is 54.6. The molecule has 2 saturated heterocycles. The van der Waals surface area contributed by atoms with Crippen molar-refractivity contribution in [2.24, 2.45) is 0 Å². The van der Waals surface area contributed by atoms with Gasteiger partial charge in [0, 0.05) is 6.42 Å². The molecular weight excluding hydrogens is 955 g/mol. The van der Waals surface area contributed by atoms with Crippen molar-refractivity contribution < 1.29 is 64.6 Å². The third-order valence-corrected chi connectivity index (χ3v) is 12.9. The van der Waals surface area contributed by atoms with E-state index in [9.17, 15) is 45.6 Å². The quantitative estimate of drug-likeness (QED) is 0.0206. The van der Waals surface area contributed by atoms with E-state index in [1.54, 1.807) is 0 Å². The number of ether oxygens (including phenoxy) is 4. The largest absolute Gasteiger partial charge is 0.394 e. The third-order valence-electron chi connectivity index (χ3n) is 12.9. The minimum absolute atomic E-state index is 0.240. The fourth-order valence-corrected chi connectivity index (χ4v) is 8.38. The van der Waals surface area contributed by atoms with E-state index in [1.165, 1.54) is 25.7 Å². The van der Waals surface area contributed by atoms with Gasteiger partial charge in [0.05, 0.1) is 32.0 Å². The molecule has 0 saturated carbocycles. The Morgan fingerprint density at radius 3 is 1.39 bits per heavy atom. The van der Waals surface area contributed by atoms with Gasteiger partial charge in [-0.15, -0.1) is 0 Å². The summed E-state index contributed by atoms with van der Waals surface area (Å²) in [5.74, 6) is -0.259. The van der Waals surface area contributed by atoms with Crippen LogP contribution in [-0.2, 0) is 23.7 Å². The molecule has 2 aliphatic heterocycles. The zero-order valence-corrected chi connectivity index (χ0v) is 45.5. The lowest BCUT2D eigenvalue weighted by atomic mass is 9.97. The molecule has 0 aromatic rings. The average Bonchev–Trinajstić information content (AvgIpc) is 3.41. The molecule has 0 aliphatic carbocycles. The van der Waals surface area contributed by atoms with Gasteiger partial charge in [-0.1, -0.05) is 187 Å². The predicted molar refractivity (Wildman–Crippen MR) is 299 cm³/mol. The first kappa shape index (κ1) is 67.5. The summed E-state index contributed by atoms with van der Waals surface area (Å²) in [4.78, 5) is 13.2. The van der Waals surface area contributed by atoms with Gasteiger partial charge in [0.25, 0.3) is 0 Å². The van der Waals surface area contributed by atoms with Gasteiger partial charge in [0.2, 0.25) is 5.91 Å². The normalized spacial score (nSPS) is 26.0. The van der Waals surface area contributed by atoms with E-state index in [4.69, 9.17) is 18.9 Å². The highest BCUT2D eigenvalue weighted by molar-refractivity contribution is 5.76. The summed E-state index contributed by atoms with van der Waals surface area (Å²) >= 11 is 0. The summed E-state index contributed by atoms with van der Waals surface area (Å²) in [6, 6.07) is -0.859. The number of aliphatic hydroxyl groups excluding tert-OH is 8. The van der Waals surface area contributed by atoms with Crippen LogP contribution in [0.15, 0.2) is 122 Å². The van der Waals surface area contributed by atoms with Crippen LogP contribution in [-0.4, -0.2) is 140 Å². The highest BCUT2D eigenvalue weighted by atomic mass is 16.7. The van der Waals surface area contributed by atoms with Gasteiger partial charge in [-0.2, -0.15) is 0 Å². The Hall–Kier alpha value is -3.61. The zero-order valence-electron chi connectivity index (χ0n) is 45.5. The number of hydrogen-bond acceptors (Lipinski definition) is 13. The van der Waals surface area contributed by atoms with Gasteiger partial charge in [0.1, 0.15) is 48.8 Å². The maximum Gasteiger partial charge on any atom is 0.220 e. The van der Waals surface area contributed by atoms with Crippen molar-refractivity contribution in [1.29, 1.82) is 0 Å². The average molecular weight is 1050 g/mol. The Morgan fingerprint density at radius 1 is 0.493 bits per heavy atom. The van der Waals surface area contributed by atoms with Crippen molar-refractivity contribution in [3.8, 4) is 0 Å². The van der Waals surface area contributed by atoms with Gasteiger partial charge in [-0.3, -0.25) is 4.79 Å². The van der Waals surface area contributed by atoms with Crippen molar-refractivity contribution in [2.75, 3.05) is 19.8 Å². The second kappa shape index (κ2) is 45.4. The Bertz CT molecular complexity index is 1720. The number of unbranched alkanes of at least 4 members (excludes halogenated alkanes) is 9. The van der Waals surface area contributed by atoms with Gasteiger partial charge in [0.15, 0.2) is 12.6 Å². The van der Waals surface area contributed by atoms with E-state index in [0.29, 0.717) is 12.8 Å². The maximum atomic E-state index is 13.2. The lowest BCUT2D eigenvalue weighted by Crippen LogP contribution is -2.65. The second-order valence-electron chi connectivity index (χ2n) is 19.3. The van der Waals surface area contributed by atoms with Crippen molar-refractivity contribution in [3.63, 3.8) is 0 Å². The van der Waals surface area contributed by atoms with Crippen LogP contribution >= 0.6 is 0 Å². The van der Waals surface area contributed by atoms with Crippen molar-refractivity contribution in [1.82, 2.24) is 5.32 Å². The molecule has 75 heavy (non-hydrogen) atoms. The Balaban J connectivity index is 1.69. The third kappa shape index (κ3) is 31.4. The summed E-state index contributed by atoms with van der Waals surface area (Å²) in [6.45, 7) is 2.63. The van der Waals surface area contributed by atoms with Gasteiger partial charge >= 0.3 is 0 Å². The summed E-state index contributed by atoms with van der Waals surface area (Å²) in [5, 5.41) is 86.7. The van der Waals surface area contributed by atoms with E-state index < -0.39 is 86.8 Å². The summed E-state index contributed by atoms with van der Waals surface area (Å²) < 4.78 is 22.7. The van der Waals surface area contributed by atoms with Crippen LogP contribution in [0.2, 0.25) is 0 Å². The topological polar surface area (TPSA) is 228 Å². The summed E-state index contributed by atoms with van der Waals surface area (Å²) in [5.41, 5.74) is 0. The maximum absolute atomic E-state index is 13.2. The Morgan fingerprint density at radius 2 is 0.920 bits per heavy atom. The molecule has 12 unspecified atom stereocenters. The number of rotatable bonds is 42. The first-order valence-electron chi connectivity index (χ1n) is 28.3. The SMILES string of the molecule is CC/C=C\C/C=C\C/C=C\C/C=C\C/C=C\C/C=C\C/C=C\C/C=C\C/C=C\C/C=C\CCCCC(=O)NC(COC1OC(CO)C(OC2OC(CO)C(O)C(O)C2O)C(O)C1O)C(O)CCCCCCCCCC. The van der Waals surface area contributed by atoms with Crippen LogP contribution in [0, 0.1) is 0 Å². The van der Waals surface area contributed by atoms with Crippen LogP contribution in [0.25, 0.3) is 0 Å². The molecule has 2 heterocycles. The molecular formula is C61H99NO13. The fraction of sp³-hybridized carbons (Fsp3) is 0.656. The Kier molecular flexibility index (Phi) is 40.9. The molecule has 0 aromatic heterocycles. The molecule has 0 aromatic carbocycles. The summed E-state index contributed by atoms with van der Waals surface area (Å²) in [6.07, 6.45) is 48.1. The number of carbonyl (C=O) groups excluding carboxylic acids is 1. The molecule has 2 fully saturated rings. The molecule has 1 amide bonds. The Labute approximate surface area is 450 Å². The molecule has 0 spiro atoms. The number of carbonyl (C=O) groups is 1. The lowest BCUT2D eigenvalue weighted by Gasteiger charge is -2.46. The molecule has 426 valence electrons. The molecule has 12 atom stereocenters. The van der Waals surface area contributed by atoms with E-state index in [0.717, 1.165) is 103 Å². The van der Waals surface area contributed by atoms with Crippen LogP contribution in [0.3, 0.4) is 0 Å². The molecule has 0 bridgehead atoms. The second-order valence-corrected chi connectivity index (χ2v) is 19.3. The molecule has 14 heteroatoms. The number of allylic oxidation sites excluding steroid dienone is 20. The van der Waals surface area contributed by atoms with Gasteiger partial charge < -0.3 is 65.1 Å². The predicted octanol–water partition coefficient (Wildman–Crippen LogP) is 9.05. The smallest absolute Gasteiger partial charge is 0.220 e. The highest BCUT2D eigenvalue weighted by Gasteiger charge is 2.51. The molecule has 2 aliphatic rings. The first-order chi connectivity index (χ1) is 36.6. The number of amides is 1. The molecule has 2 rings (SSSR count). The fourth-order valence-electron chi connectivity index (χ4n) is 8.38. The number of aliphatic hydroxyl groups is 8. The minimum atomic E-state index is -1.79. The van der Waals surface area contributed by atoms with E-state index in [-0.39, 0.29) is 18.9 Å². The standard InChI is InChI=1S/C61H99NO13/c1-3-5-7-9-11-13-14-15-16-17-18-19-20-21-22-23-24-25-26-27-28-29-30-31-32-33-34-35-36-37-39-41-43-45-53(66)62-49(50(65)44-42-40-38-12-10-8-6-4-2)48-72-60-58(71)56(69)59(52(47-64)74-60)75-61-57(70)55(68)54(67)51(46-63)73-61/h5,7,11,13,15-16,18-19,21-22,24-25,27-28,30-31,33-34,36-37,49-52,54-61,63-65,67-71H,3-4,6,8-10,12,14,17,20,23,26,29,32,35,38-48H2,1-2H3,(H,62,66)/b7-5-,13-11-,16-15-,19-18-,22-21-,25-24-,28-27-,31-30-,34-33-,37-36-. The number of nitrogens with one attached hydrogen (secondary N) is 1. The lowest BCUT2D eigenvalue weighted by molar-refractivity contribution is -0.359. The number of hydrogen-bond donors (Lipinski definition) is 9. The van der Waals surface area contributed by atoms with E-state index >= 15 is 0 Å². The van der Waals surface area contributed by atoms with Crippen LogP contribution < -0.4 is 5.32 Å². The van der Waals surface area contributed by atoms with Gasteiger partial charge in [-0.25, -0.2) is 0 Å². The van der Waals surface area contributed by atoms with Crippen LogP contribution in [0.5, 0.6) is 0 Å². The molecule has 14 nitrogen and oxygen atoms in total. The van der Waals surface area contributed by atoms with Gasteiger partial charge in [-0.05, 0) is 89.9 Å². The monoisotopic (exact) mass is 1050 g/mol.